The Hall–Kier alpha value is -2.10. The maximum Gasteiger partial charge on any atom is 0.304 e. The van der Waals surface area contributed by atoms with Crippen LogP contribution in [0.4, 0.5) is 0 Å². The van der Waals surface area contributed by atoms with Crippen LogP contribution in [0.5, 0.6) is 0 Å². The zero-order chi connectivity index (χ0) is 20.0. The number of carbonyl (C=O) groups is 1. The molecule has 0 atom stereocenters. The first-order chi connectivity index (χ1) is 11.9. The number of allylic oxidation sites excluding steroid dienone is 1. The summed E-state index contributed by atoms with van der Waals surface area (Å²) < 4.78 is 32.3. The van der Waals surface area contributed by atoms with Crippen LogP contribution in [0.2, 0.25) is 0 Å². The quantitative estimate of drug-likeness (QED) is 0.433. The number of sulfonamides is 1. The first-order valence-corrected chi connectivity index (χ1v) is 9.78. The second-order valence-corrected chi connectivity index (χ2v) is 8.74. The number of carbonyl (C=O) groups excluding carboxylic acids is 1. The smallest absolute Gasteiger partial charge is 0.304 e. The fourth-order valence-corrected chi connectivity index (χ4v) is 3.40. The van der Waals surface area contributed by atoms with Crippen molar-refractivity contribution in [2.45, 2.75) is 52.0 Å². The minimum absolute atomic E-state index is 0.00465. The summed E-state index contributed by atoms with van der Waals surface area (Å²) in [6.45, 7) is 10.6. The maximum atomic E-state index is 12.9. The number of hydrogen-bond acceptors (Lipinski definition) is 4. The Balaban J connectivity index is 3.11. The lowest BCUT2D eigenvalue weighted by Crippen LogP contribution is -2.32. The van der Waals surface area contributed by atoms with Crippen molar-refractivity contribution in [3.63, 3.8) is 0 Å². The molecule has 0 amide bonds. The van der Waals surface area contributed by atoms with Gasteiger partial charge in [0.2, 0.25) is 10.0 Å². The predicted octanol–water partition coefficient (Wildman–Crippen LogP) is 3.30. The second kappa shape index (κ2) is 9.02. The summed E-state index contributed by atoms with van der Waals surface area (Å²) in [5.41, 5.74) is 1.03. The Kier molecular flexibility index (Phi) is 7.61. The van der Waals surface area contributed by atoms with Crippen molar-refractivity contribution in [2.24, 2.45) is 0 Å². The number of nitrogens with zero attached hydrogens (tertiary/aromatic N) is 1. The van der Waals surface area contributed by atoms with Gasteiger partial charge in [-0.05, 0) is 46.8 Å². The molecule has 26 heavy (non-hydrogen) atoms. The van der Waals surface area contributed by atoms with Gasteiger partial charge in [0.25, 0.3) is 0 Å². The molecule has 142 valence electrons. The molecule has 0 unspecified atom stereocenters. The van der Waals surface area contributed by atoms with E-state index in [4.69, 9.17) is 4.74 Å². The van der Waals surface area contributed by atoms with E-state index in [0.717, 1.165) is 11.1 Å². The van der Waals surface area contributed by atoms with Crippen molar-refractivity contribution in [3.8, 4) is 11.8 Å². The SMILES string of the molecule is CC(=O)OC(C)(C)C#CCN(CC=C(C)C)S(=O)(=O)c1ccc(C)cc1. The first-order valence-electron chi connectivity index (χ1n) is 8.34. The minimum atomic E-state index is -3.68. The van der Waals surface area contributed by atoms with Crippen LogP contribution in [0.15, 0.2) is 40.8 Å². The van der Waals surface area contributed by atoms with Crippen LogP contribution in [0.25, 0.3) is 0 Å². The molecule has 1 rings (SSSR count). The van der Waals surface area contributed by atoms with Crippen molar-refractivity contribution in [3.05, 3.63) is 41.5 Å². The van der Waals surface area contributed by atoms with Crippen molar-refractivity contribution < 1.29 is 17.9 Å². The van der Waals surface area contributed by atoms with Gasteiger partial charge in [0, 0.05) is 13.5 Å². The summed E-state index contributed by atoms with van der Waals surface area (Å²) >= 11 is 0. The molecule has 1 aromatic rings. The predicted molar refractivity (Wildman–Crippen MR) is 103 cm³/mol. The summed E-state index contributed by atoms with van der Waals surface area (Å²) in [6, 6.07) is 6.72. The molecule has 0 spiro atoms. The number of ether oxygens (including phenoxy) is 1. The summed E-state index contributed by atoms with van der Waals surface area (Å²) in [4.78, 5) is 11.3. The van der Waals surface area contributed by atoms with Crippen LogP contribution in [-0.4, -0.2) is 37.4 Å². The third-order valence-electron chi connectivity index (χ3n) is 3.41. The van der Waals surface area contributed by atoms with E-state index in [0.29, 0.717) is 0 Å². The van der Waals surface area contributed by atoms with Gasteiger partial charge >= 0.3 is 5.97 Å². The lowest BCUT2D eigenvalue weighted by atomic mass is 10.1. The second-order valence-electron chi connectivity index (χ2n) is 6.80. The highest BCUT2D eigenvalue weighted by molar-refractivity contribution is 7.89. The van der Waals surface area contributed by atoms with Gasteiger partial charge in [0.1, 0.15) is 0 Å². The zero-order valence-corrected chi connectivity index (χ0v) is 17.1. The molecule has 0 saturated heterocycles. The largest absolute Gasteiger partial charge is 0.447 e. The Morgan fingerprint density at radius 3 is 2.27 bits per heavy atom. The summed E-state index contributed by atoms with van der Waals surface area (Å²) in [7, 11) is -3.68. The van der Waals surface area contributed by atoms with E-state index in [2.05, 4.69) is 11.8 Å². The topological polar surface area (TPSA) is 63.7 Å². The minimum Gasteiger partial charge on any atom is -0.447 e. The number of esters is 1. The molecule has 0 aliphatic heterocycles. The fourth-order valence-electron chi connectivity index (χ4n) is 2.12. The molecule has 0 N–H and O–H groups in total. The summed E-state index contributed by atoms with van der Waals surface area (Å²) in [5, 5.41) is 0. The molecule has 0 fully saturated rings. The van der Waals surface area contributed by atoms with Crippen LogP contribution in [0.3, 0.4) is 0 Å². The van der Waals surface area contributed by atoms with E-state index >= 15 is 0 Å². The highest BCUT2D eigenvalue weighted by Crippen LogP contribution is 2.16. The van der Waals surface area contributed by atoms with Gasteiger partial charge in [-0.3, -0.25) is 4.79 Å². The normalized spacial score (nSPS) is 11.5. The number of rotatable bonds is 6. The van der Waals surface area contributed by atoms with Crippen LogP contribution in [-0.2, 0) is 19.6 Å². The fraction of sp³-hybridized carbons (Fsp3) is 0.450. The Morgan fingerprint density at radius 2 is 1.77 bits per heavy atom. The lowest BCUT2D eigenvalue weighted by Gasteiger charge is -2.20. The van der Waals surface area contributed by atoms with E-state index in [1.165, 1.54) is 11.2 Å². The van der Waals surface area contributed by atoms with Gasteiger partial charge in [0.15, 0.2) is 5.60 Å². The zero-order valence-electron chi connectivity index (χ0n) is 16.3. The van der Waals surface area contributed by atoms with Gasteiger partial charge in [-0.15, -0.1) is 0 Å². The summed E-state index contributed by atoms with van der Waals surface area (Å²) in [5.74, 6) is 5.22. The molecule has 0 radical (unpaired) electrons. The van der Waals surface area contributed by atoms with E-state index in [1.807, 2.05) is 26.8 Å². The van der Waals surface area contributed by atoms with Gasteiger partial charge in [-0.25, -0.2) is 8.42 Å². The monoisotopic (exact) mass is 377 g/mol. The third kappa shape index (κ3) is 7.03. The van der Waals surface area contributed by atoms with Crippen LogP contribution in [0, 0.1) is 18.8 Å². The molecule has 0 aromatic heterocycles. The van der Waals surface area contributed by atoms with E-state index in [1.54, 1.807) is 38.1 Å². The van der Waals surface area contributed by atoms with Crippen molar-refractivity contribution >= 4 is 16.0 Å². The first kappa shape index (κ1) is 21.9. The number of aryl methyl sites for hydroxylation is 1. The van der Waals surface area contributed by atoms with Crippen LogP contribution >= 0.6 is 0 Å². The molecule has 0 heterocycles. The Bertz CT molecular complexity index is 821. The number of benzene rings is 1. The molecular formula is C20H27NO4S. The van der Waals surface area contributed by atoms with E-state index < -0.39 is 21.6 Å². The third-order valence-corrected chi connectivity index (χ3v) is 5.23. The van der Waals surface area contributed by atoms with Crippen molar-refractivity contribution in [2.75, 3.05) is 13.1 Å². The number of hydrogen-bond donors (Lipinski definition) is 0. The molecule has 0 saturated carbocycles. The molecule has 0 bridgehead atoms. The average Bonchev–Trinajstić information content (AvgIpc) is 2.49. The van der Waals surface area contributed by atoms with Gasteiger partial charge in [-0.1, -0.05) is 41.2 Å². The molecule has 5 nitrogen and oxygen atoms in total. The Labute approximate surface area is 157 Å². The molecule has 6 heteroatoms. The van der Waals surface area contributed by atoms with Crippen molar-refractivity contribution in [1.29, 1.82) is 0 Å². The standard InChI is InChI=1S/C20H27NO4S/c1-16(2)12-15-21(14-7-13-20(5,6)25-18(4)22)26(23,24)19-10-8-17(3)9-11-19/h8-12H,14-15H2,1-6H3. The molecular weight excluding hydrogens is 350 g/mol. The molecule has 0 aliphatic rings. The Morgan fingerprint density at radius 1 is 1.19 bits per heavy atom. The van der Waals surface area contributed by atoms with E-state index in [-0.39, 0.29) is 18.0 Å². The van der Waals surface area contributed by atoms with Gasteiger partial charge < -0.3 is 4.74 Å². The van der Waals surface area contributed by atoms with E-state index in [9.17, 15) is 13.2 Å². The van der Waals surface area contributed by atoms with Gasteiger partial charge in [-0.2, -0.15) is 4.31 Å². The molecule has 1 aromatic carbocycles. The van der Waals surface area contributed by atoms with Crippen molar-refractivity contribution in [1.82, 2.24) is 4.31 Å². The highest BCUT2D eigenvalue weighted by atomic mass is 32.2. The lowest BCUT2D eigenvalue weighted by molar-refractivity contribution is -0.148. The maximum absolute atomic E-state index is 12.9. The highest BCUT2D eigenvalue weighted by Gasteiger charge is 2.23. The summed E-state index contributed by atoms with van der Waals surface area (Å²) in [6.07, 6.45) is 1.84. The average molecular weight is 378 g/mol. The van der Waals surface area contributed by atoms with Crippen LogP contribution < -0.4 is 0 Å². The molecule has 0 aliphatic carbocycles. The van der Waals surface area contributed by atoms with Gasteiger partial charge in [0.05, 0.1) is 11.4 Å². The van der Waals surface area contributed by atoms with Crippen LogP contribution in [0.1, 0.15) is 40.2 Å².